The van der Waals surface area contributed by atoms with Crippen molar-refractivity contribution >= 4 is 21.7 Å². The predicted molar refractivity (Wildman–Crippen MR) is 72.5 cm³/mol. The Kier molecular flexibility index (Phi) is 4.26. The normalized spacial score (nSPS) is 19.0. The molecule has 9 nitrogen and oxygen atoms in total. The number of aromatic nitrogens is 2. The molecular weight excluding hydrogens is 298 g/mol. The zero-order chi connectivity index (χ0) is 15.6. The number of hydrogen-bond acceptors (Lipinski definition) is 6. The molecular formula is C11H15N5O4S. The number of nitrogens with zero attached hydrogens (tertiary/aromatic N) is 4. The van der Waals surface area contributed by atoms with E-state index in [9.17, 15) is 13.2 Å². The maximum atomic E-state index is 12.1. The molecule has 1 aliphatic heterocycles. The summed E-state index contributed by atoms with van der Waals surface area (Å²) in [6.45, 7) is 0.101. The van der Waals surface area contributed by atoms with Gasteiger partial charge in [0.2, 0.25) is 15.9 Å². The highest BCUT2D eigenvalue weighted by atomic mass is 32.2. The average molecular weight is 313 g/mol. The number of aliphatic hydroxyl groups excluding tert-OH is 1. The molecule has 1 amide bonds. The van der Waals surface area contributed by atoms with Crippen molar-refractivity contribution in [3.8, 4) is 6.07 Å². The Morgan fingerprint density at radius 1 is 1.57 bits per heavy atom. The number of amides is 1. The standard InChI is InChI=1S/C11H15N5O4S/c12-4-9-5-14-16(1-2-17)11(9)15-6-8(3-10(15)18)7-21(13,19)20/h5,8,17H,1-3,6-7H2,(H2,13,19,20). The van der Waals surface area contributed by atoms with Crippen molar-refractivity contribution in [1.29, 1.82) is 5.26 Å². The second kappa shape index (κ2) is 5.80. The zero-order valence-electron chi connectivity index (χ0n) is 11.1. The Labute approximate surface area is 121 Å². The molecule has 2 rings (SSSR count). The van der Waals surface area contributed by atoms with Crippen LogP contribution < -0.4 is 10.0 Å². The van der Waals surface area contributed by atoms with E-state index < -0.39 is 15.9 Å². The smallest absolute Gasteiger partial charge is 0.228 e. The van der Waals surface area contributed by atoms with Crippen LogP contribution >= 0.6 is 0 Å². The van der Waals surface area contributed by atoms with Crippen molar-refractivity contribution in [1.82, 2.24) is 9.78 Å². The van der Waals surface area contributed by atoms with Gasteiger partial charge in [-0.05, 0) is 0 Å². The third-order valence-corrected chi connectivity index (χ3v) is 4.11. The van der Waals surface area contributed by atoms with Gasteiger partial charge in [0.05, 0.1) is 25.1 Å². The fourth-order valence-electron chi connectivity index (χ4n) is 2.43. The summed E-state index contributed by atoms with van der Waals surface area (Å²) in [7, 11) is -3.67. The average Bonchev–Trinajstić information content (AvgIpc) is 2.91. The molecule has 0 aliphatic carbocycles. The van der Waals surface area contributed by atoms with E-state index in [0.29, 0.717) is 0 Å². The number of nitrogens with two attached hydrogens (primary N) is 1. The predicted octanol–water partition coefficient (Wildman–Crippen LogP) is -1.61. The Morgan fingerprint density at radius 2 is 2.29 bits per heavy atom. The Hall–Kier alpha value is -1.96. The lowest BCUT2D eigenvalue weighted by molar-refractivity contribution is -0.117. The van der Waals surface area contributed by atoms with Gasteiger partial charge in [-0.3, -0.25) is 9.69 Å². The molecule has 0 saturated carbocycles. The number of aliphatic hydroxyl groups is 1. The molecule has 114 valence electrons. The van der Waals surface area contributed by atoms with E-state index in [1.54, 1.807) is 0 Å². The summed E-state index contributed by atoms with van der Waals surface area (Å²) in [5, 5.41) is 27.0. The van der Waals surface area contributed by atoms with Gasteiger partial charge in [-0.15, -0.1) is 0 Å². The fraction of sp³-hybridized carbons (Fsp3) is 0.545. The molecule has 2 heterocycles. The summed E-state index contributed by atoms with van der Waals surface area (Å²) in [6.07, 6.45) is 1.36. The van der Waals surface area contributed by atoms with Crippen LogP contribution in [0.5, 0.6) is 0 Å². The molecule has 1 aromatic heterocycles. The first-order valence-electron chi connectivity index (χ1n) is 6.23. The number of nitriles is 1. The van der Waals surface area contributed by atoms with Crippen LogP contribution in [0.15, 0.2) is 6.20 Å². The van der Waals surface area contributed by atoms with Crippen LogP contribution in [0.3, 0.4) is 0 Å². The molecule has 0 radical (unpaired) electrons. The first-order chi connectivity index (χ1) is 9.85. The molecule has 1 aliphatic rings. The molecule has 1 fully saturated rings. The van der Waals surface area contributed by atoms with Gasteiger partial charge in [-0.25, -0.2) is 18.2 Å². The van der Waals surface area contributed by atoms with E-state index in [4.69, 9.17) is 15.5 Å². The van der Waals surface area contributed by atoms with Gasteiger partial charge in [0.25, 0.3) is 0 Å². The van der Waals surface area contributed by atoms with Gasteiger partial charge in [-0.2, -0.15) is 10.4 Å². The molecule has 0 aromatic carbocycles. The molecule has 21 heavy (non-hydrogen) atoms. The van der Waals surface area contributed by atoms with Crippen molar-refractivity contribution < 1.29 is 18.3 Å². The summed E-state index contributed by atoms with van der Waals surface area (Å²) >= 11 is 0. The number of anilines is 1. The van der Waals surface area contributed by atoms with Gasteiger partial charge >= 0.3 is 0 Å². The van der Waals surface area contributed by atoms with Crippen molar-refractivity contribution in [2.24, 2.45) is 11.1 Å². The van der Waals surface area contributed by atoms with Crippen LogP contribution in [0.25, 0.3) is 0 Å². The molecule has 1 aromatic rings. The first kappa shape index (κ1) is 15.4. The van der Waals surface area contributed by atoms with Crippen molar-refractivity contribution in [2.75, 3.05) is 23.8 Å². The third-order valence-electron chi connectivity index (χ3n) is 3.17. The lowest BCUT2D eigenvalue weighted by atomic mass is 10.1. The number of primary sulfonamides is 1. The summed E-state index contributed by atoms with van der Waals surface area (Å²) in [5.41, 5.74) is 0.202. The van der Waals surface area contributed by atoms with E-state index in [-0.39, 0.29) is 49.2 Å². The van der Waals surface area contributed by atoms with Gasteiger partial charge in [0.15, 0.2) is 5.82 Å². The summed E-state index contributed by atoms with van der Waals surface area (Å²) in [4.78, 5) is 13.4. The van der Waals surface area contributed by atoms with E-state index in [2.05, 4.69) is 5.10 Å². The second-order valence-corrected chi connectivity index (χ2v) is 6.50. The largest absolute Gasteiger partial charge is 0.394 e. The Bertz CT molecular complexity index is 690. The Morgan fingerprint density at radius 3 is 2.86 bits per heavy atom. The molecule has 10 heteroatoms. The van der Waals surface area contributed by atoms with E-state index in [0.717, 1.165) is 0 Å². The first-order valence-corrected chi connectivity index (χ1v) is 7.95. The van der Waals surface area contributed by atoms with Gasteiger partial charge in [-0.1, -0.05) is 0 Å². The highest BCUT2D eigenvalue weighted by molar-refractivity contribution is 7.89. The summed E-state index contributed by atoms with van der Waals surface area (Å²) in [6, 6.07) is 1.93. The minimum atomic E-state index is -3.67. The molecule has 1 saturated heterocycles. The molecule has 1 atom stereocenters. The van der Waals surface area contributed by atoms with E-state index in [1.807, 2.05) is 6.07 Å². The van der Waals surface area contributed by atoms with Crippen LogP contribution in [0.4, 0.5) is 5.82 Å². The van der Waals surface area contributed by atoms with Crippen LogP contribution in [0.1, 0.15) is 12.0 Å². The summed E-state index contributed by atoms with van der Waals surface area (Å²) < 4.78 is 23.6. The molecule has 0 bridgehead atoms. The summed E-state index contributed by atoms with van der Waals surface area (Å²) in [5.74, 6) is -0.713. The van der Waals surface area contributed by atoms with Crippen LogP contribution in [-0.4, -0.2) is 48.1 Å². The molecule has 1 unspecified atom stereocenters. The lowest BCUT2D eigenvalue weighted by Crippen LogP contribution is -2.30. The number of carbonyl (C=O) groups excluding carboxylic acids is 1. The quantitative estimate of drug-likeness (QED) is 0.669. The van der Waals surface area contributed by atoms with E-state index >= 15 is 0 Å². The molecule has 3 N–H and O–H groups in total. The third kappa shape index (κ3) is 3.38. The second-order valence-electron chi connectivity index (χ2n) is 4.84. The van der Waals surface area contributed by atoms with E-state index in [1.165, 1.54) is 15.8 Å². The fourth-order valence-corrected chi connectivity index (χ4v) is 3.31. The highest BCUT2D eigenvalue weighted by Crippen LogP contribution is 2.28. The highest BCUT2D eigenvalue weighted by Gasteiger charge is 2.35. The lowest BCUT2D eigenvalue weighted by Gasteiger charge is -2.18. The van der Waals surface area contributed by atoms with Crippen LogP contribution in [0.2, 0.25) is 0 Å². The van der Waals surface area contributed by atoms with Crippen molar-refractivity contribution in [3.05, 3.63) is 11.8 Å². The van der Waals surface area contributed by atoms with Gasteiger partial charge in [0.1, 0.15) is 11.6 Å². The number of hydrogen-bond donors (Lipinski definition) is 2. The van der Waals surface area contributed by atoms with Crippen LogP contribution in [0, 0.1) is 17.2 Å². The topological polar surface area (TPSA) is 142 Å². The Balaban J connectivity index is 2.28. The number of carbonyl (C=O) groups is 1. The van der Waals surface area contributed by atoms with Crippen molar-refractivity contribution in [2.45, 2.75) is 13.0 Å². The van der Waals surface area contributed by atoms with Crippen LogP contribution in [-0.2, 0) is 21.4 Å². The van der Waals surface area contributed by atoms with Crippen molar-refractivity contribution in [3.63, 3.8) is 0 Å². The SMILES string of the molecule is N#Cc1cnn(CCO)c1N1CC(CS(N)(=O)=O)CC1=O. The zero-order valence-corrected chi connectivity index (χ0v) is 12.0. The molecule has 0 spiro atoms. The monoisotopic (exact) mass is 313 g/mol. The minimum absolute atomic E-state index is 0.0472. The number of rotatable bonds is 5. The minimum Gasteiger partial charge on any atom is -0.394 e. The number of sulfonamides is 1. The van der Waals surface area contributed by atoms with Gasteiger partial charge in [0, 0.05) is 18.9 Å². The maximum Gasteiger partial charge on any atom is 0.228 e. The maximum absolute atomic E-state index is 12.1. The van der Waals surface area contributed by atoms with Gasteiger partial charge < -0.3 is 5.11 Å².